The number of esters is 1. The topological polar surface area (TPSA) is 51.2 Å². The van der Waals surface area contributed by atoms with E-state index in [4.69, 9.17) is 4.74 Å². The van der Waals surface area contributed by atoms with Crippen molar-refractivity contribution in [2.75, 3.05) is 5.32 Å². The third-order valence-corrected chi connectivity index (χ3v) is 5.27. The number of benzene rings is 3. The third-order valence-electron chi connectivity index (χ3n) is 4.49. The van der Waals surface area contributed by atoms with Gasteiger partial charge < -0.3 is 10.1 Å². The predicted molar refractivity (Wildman–Crippen MR) is 103 cm³/mol. The van der Waals surface area contributed by atoms with Gasteiger partial charge >= 0.3 is 5.97 Å². The number of rotatable bonds is 3. The summed E-state index contributed by atoms with van der Waals surface area (Å²) in [6.07, 6.45) is -0.491. The summed E-state index contributed by atoms with van der Waals surface area (Å²) in [5.41, 5.74) is 3.42. The highest BCUT2D eigenvalue weighted by molar-refractivity contribution is 7.14. The zero-order valence-electron chi connectivity index (χ0n) is 13.7. The molecule has 0 aliphatic carbocycles. The van der Waals surface area contributed by atoms with Crippen LogP contribution in [0.3, 0.4) is 0 Å². The second-order valence-corrected chi connectivity index (χ2v) is 6.97. The van der Waals surface area contributed by atoms with Crippen LogP contribution in [-0.2, 0) is 4.74 Å². The van der Waals surface area contributed by atoms with Crippen molar-refractivity contribution in [3.63, 3.8) is 0 Å². The summed E-state index contributed by atoms with van der Waals surface area (Å²) in [6, 6.07) is 22.0. The molecule has 1 aliphatic rings. The second kappa shape index (κ2) is 5.97. The molecule has 3 aromatic carbocycles. The van der Waals surface area contributed by atoms with E-state index in [9.17, 15) is 4.79 Å². The average molecular weight is 358 g/mol. The fraction of sp³-hybridized carbons (Fsp3) is 0.0476. The van der Waals surface area contributed by atoms with E-state index >= 15 is 0 Å². The number of carbonyl (C=O) groups excluding carboxylic acids is 1. The number of hydrogen-bond donors (Lipinski definition) is 1. The number of nitrogens with zero attached hydrogens (tertiary/aromatic N) is 1. The first-order valence-electron chi connectivity index (χ1n) is 8.29. The Bertz CT molecular complexity index is 1140. The lowest BCUT2D eigenvalue weighted by atomic mass is 10.1. The SMILES string of the molecule is O=C1OC(Nc2nc(-c3ccc4ccccc4c3)cs2)c2ccccc21. The largest absolute Gasteiger partial charge is 0.434 e. The van der Waals surface area contributed by atoms with Crippen molar-refractivity contribution in [3.8, 4) is 11.3 Å². The summed E-state index contributed by atoms with van der Waals surface area (Å²) >= 11 is 1.50. The standard InChI is InChI=1S/C21H14N2O2S/c24-20-17-8-4-3-7-16(17)19(25-20)23-21-22-18(12-26-21)15-10-9-13-5-1-2-6-14(13)11-15/h1-12,19H,(H,22,23). The number of cyclic esters (lactones) is 1. The fourth-order valence-electron chi connectivity index (χ4n) is 3.19. The van der Waals surface area contributed by atoms with Crippen molar-refractivity contribution < 1.29 is 9.53 Å². The van der Waals surface area contributed by atoms with Gasteiger partial charge in [-0.3, -0.25) is 0 Å². The van der Waals surface area contributed by atoms with Crippen LogP contribution in [0, 0.1) is 0 Å². The Morgan fingerprint density at radius 3 is 2.69 bits per heavy atom. The molecule has 126 valence electrons. The number of aromatic nitrogens is 1. The van der Waals surface area contributed by atoms with E-state index in [1.54, 1.807) is 6.07 Å². The van der Waals surface area contributed by atoms with Gasteiger partial charge in [0.2, 0.25) is 6.23 Å². The zero-order valence-corrected chi connectivity index (χ0v) is 14.5. The molecule has 0 fully saturated rings. The summed E-state index contributed by atoms with van der Waals surface area (Å²) in [5, 5.41) is 8.35. The van der Waals surface area contributed by atoms with Crippen molar-refractivity contribution in [1.82, 2.24) is 4.98 Å². The van der Waals surface area contributed by atoms with Crippen molar-refractivity contribution in [2.24, 2.45) is 0 Å². The van der Waals surface area contributed by atoms with E-state index in [1.165, 1.54) is 22.1 Å². The smallest absolute Gasteiger partial charge is 0.340 e. The van der Waals surface area contributed by atoms with Crippen LogP contribution >= 0.6 is 11.3 Å². The Balaban J connectivity index is 1.43. The van der Waals surface area contributed by atoms with Crippen molar-refractivity contribution in [1.29, 1.82) is 0 Å². The fourth-order valence-corrected chi connectivity index (χ4v) is 3.92. The quantitative estimate of drug-likeness (QED) is 0.509. The van der Waals surface area contributed by atoms with Crippen LogP contribution in [0.2, 0.25) is 0 Å². The van der Waals surface area contributed by atoms with Gasteiger partial charge in [-0.15, -0.1) is 11.3 Å². The van der Waals surface area contributed by atoms with Crippen LogP contribution in [0.25, 0.3) is 22.0 Å². The van der Waals surface area contributed by atoms with Gasteiger partial charge in [0.1, 0.15) is 0 Å². The van der Waals surface area contributed by atoms with Crippen molar-refractivity contribution >= 4 is 33.2 Å². The van der Waals surface area contributed by atoms with E-state index in [-0.39, 0.29) is 5.97 Å². The van der Waals surface area contributed by atoms with Gasteiger partial charge in [0, 0.05) is 16.5 Å². The number of anilines is 1. The molecule has 1 aromatic heterocycles. The highest BCUT2D eigenvalue weighted by Gasteiger charge is 2.30. The van der Waals surface area contributed by atoms with Crippen LogP contribution in [-0.4, -0.2) is 11.0 Å². The molecule has 0 bridgehead atoms. The first kappa shape index (κ1) is 15.1. The highest BCUT2D eigenvalue weighted by atomic mass is 32.1. The Labute approximate surface area is 154 Å². The molecule has 0 saturated heterocycles. The Hall–Kier alpha value is -3.18. The summed E-state index contributed by atoms with van der Waals surface area (Å²) in [6.45, 7) is 0. The summed E-state index contributed by atoms with van der Waals surface area (Å²) in [5.74, 6) is -0.301. The van der Waals surface area contributed by atoms with Crippen LogP contribution in [0.4, 0.5) is 5.13 Å². The van der Waals surface area contributed by atoms with Gasteiger partial charge in [-0.05, 0) is 22.9 Å². The van der Waals surface area contributed by atoms with Gasteiger partial charge in [0.05, 0.1) is 11.3 Å². The molecule has 2 heterocycles. The number of fused-ring (bicyclic) bond motifs is 2. The van der Waals surface area contributed by atoms with Crippen molar-refractivity contribution in [3.05, 3.63) is 83.2 Å². The van der Waals surface area contributed by atoms with E-state index in [0.29, 0.717) is 5.56 Å². The van der Waals surface area contributed by atoms with Crippen molar-refractivity contribution in [2.45, 2.75) is 6.23 Å². The molecule has 0 amide bonds. The number of ether oxygens (including phenoxy) is 1. The van der Waals surface area contributed by atoms with Crippen LogP contribution in [0.15, 0.2) is 72.1 Å². The molecule has 4 aromatic rings. The van der Waals surface area contributed by atoms with E-state index < -0.39 is 6.23 Å². The zero-order chi connectivity index (χ0) is 17.5. The molecule has 26 heavy (non-hydrogen) atoms. The molecular formula is C21H14N2O2S. The second-order valence-electron chi connectivity index (χ2n) is 6.12. The molecule has 1 aliphatic heterocycles. The first-order valence-corrected chi connectivity index (χ1v) is 9.17. The number of carbonyl (C=O) groups is 1. The lowest BCUT2D eigenvalue weighted by molar-refractivity contribution is 0.0437. The van der Waals surface area contributed by atoms with Gasteiger partial charge in [-0.1, -0.05) is 54.6 Å². The first-order chi connectivity index (χ1) is 12.8. The molecule has 1 atom stereocenters. The summed E-state index contributed by atoms with van der Waals surface area (Å²) in [7, 11) is 0. The van der Waals surface area contributed by atoms with E-state index in [2.05, 4.69) is 40.6 Å². The molecule has 5 heteroatoms. The molecule has 0 radical (unpaired) electrons. The van der Waals surface area contributed by atoms with Gasteiger partial charge in [0.25, 0.3) is 0 Å². The molecule has 0 saturated carbocycles. The minimum absolute atomic E-state index is 0.301. The maximum atomic E-state index is 11.9. The number of nitrogens with one attached hydrogen (secondary N) is 1. The predicted octanol–water partition coefficient (Wildman–Crippen LogP) is 5.24. The minimum atomic E-state index is -0.491. The Kier molecular flexibility index (Phi) is 3.47. The third kappa shape index (κ3) is 2.53. The minimum Gasteiger partial charge on any atom is -0.434 e. The van der Waals surface area contributed by atoms with Crippen LogP contribution in [0.5, 0.6) is 0 Å². The van der Waals surface area contributed by atoms with Gasteiger partial charge in [0.15, 0.2) is 5.13 Å². The summed E-state index contributed by atoms with van der Waals surface area (Å²) in [4.78, 5) is 16.6. The lowest BCUT2D eigenvalue weighted by Gasteiger charge is -2.11. The molecule has 1 N–H and O–H groups in total. The Morgan fingerprint density at radius 2 is 1.77 bits per heavy atom. The van der Waals surface area contributed by atoms with Gasteiger partial charge in [-0.2, -0.15) is 0 Å². The monoisotopic (exact) mass is 358 g/mol. The molecule has 5 rings (SSSR count). The number of hydrogen-bond acceptors (Lipinski definition) is 5. The van der Waals surface area contributed by atoms with Crippen LogP contribution < -0.4 is 5.32 Å². The lowest BCUT2D eigenvalue weighted by Crippen LogP contribution is -2.09. The summed E-state index contributed by atoms with van der Waals surface area (Å²) < 4.78 is 5.42. The maximum Gasteiger partial charge on any atom is 0.340 e. The Morgan fingerprint density at radius 1 is 0.962 bits per heavy atom. The van der Waals surface area contributed by atoms with Crippen LogP contribution in [0.1, 0.15) is 22.1 Å². The molecular weight excluding hydrogens is 344 g/mol. The van der Waals surface area contributed by atoms with E-state index in [1.807, 2.05) is 35.7 Å². The van der Waals surface area contributed by atoms with Gasteiger partial charge in [-0.25, -0.2) is 9.78 Å². The number of thiazole rings is 1. The molecule has 1 unspecified atom stereocenters. The maximum absolute atomic E-state index is 11.9. The molecule has 4 nitrogen and oxygen atoms in total. The van der Waals surface area contributed by atoms with E-state index in [0.717, 1.165) is 22.0 Å². The average Bonchev–Trinajstić information content (AvgIpc) is 3.27. The molecule has 0 spiro atoms. The highest BCUT2D eigenvalue weighted by Crippen LogP contribution is 2.34. The normalized spacial score (nSPS) is 15.7.